The number of amides is 1. The van der Waals surface area contributed by atoms with Crippen LogP contribution in [0.25, 0.3) is 0 Å². The van der Waals surface area contributed by atoms with E-state index in [2.05, 4.69) is 10.5 Å². The first-order chi connectivity index (χ1) is 7.20. The van der Waals surface area contributed by atoms with Gasteiger partial charge in [-0.25, -0.2) is 0 Å². The van der Waals surface area contributed by atoms with Gasteiger partial charge in [-0.1, -0.05) is 5.16 Å². The molecular formula is C10H17N3O2. The van der Waals surface area contributed by atoms with E-state index >= 15 is 0 Å². The molecule has 1 aromatic rings. The summed E-state index contributed by atoms with van der Waals surface area (Å²) in [7, 11) is 3.54. The van der Waals surface area contributed by atoms with Crippen molar-refractivity contribution in [2.24, 2.45) is 0 Å². The van der Waals surface area contributed by atoms with Gasteiger partial charge >= 0.3 is 0 Å². The van der Waals surface area contributed by atoms with Crippen molar-refractivity contribution >= 4 is 5.91 Å². The van der Waals surface area contributed by atoms with Gasteiger partial charge in [0, 0.05) is 33.1 Å². The molecule has 0 aliphatic rings. The number of hydrogen-bond acceptors (Lipinski definition) is 4. The molecule has 1 N–H and O–H groups in total. The van der Waals surface area contributed by atoms with Crippen LogP contribution >= 0.6 is 0 Å². The minimum Gasteiger partial charge on any atom is -0.364 e. The standard InChI is InChI=1S/C10H17N3O2/c1-13(2)10(14)4-3-6-11-8-9-5-7-15-12-9/h5,7,11H,3-4,6,8H2,1-2H3. The van der Waals surface area contributed by atoms with Crippen molar-refractivity contribution in [2.75, 3.05) is 20.6 Å². The Kier molecular flexibility index (Phi) is 4.83. The monoisotopic (exact) mass is 211 g/mol. The molecule has 15 heavy (non-hydrogen) atoms. The fourth-order valence-electron chi connectivity index (χ4n) is 1.13. The third-order valence-electron chi connectivity index (χ3n) is 2.04. The topological polar surface area (TPSA) is 58.4 Å². The minimum atomic E-state index is 0.165. The maximum atomic E-state index is 11.2. The zero-order chi connectivity index (χ0) is 11.1. The van der Waals surface area contributed by atoms with Crippen LogP contribution in [0.1, 0.15) is 18.5 Å². The highest BCUT2D eigenvalue weighted by atomic mass is 16.5. The Hall–Kier alpha value is -1.36. The molecule has 5 nitrogen and oxygen atoms in total. The molecule has 1 heterocycles. The van der Waals surface area contributed by atoms with E-state index in [9.17, 15) is 4.79 Å². The molecular weight excluding hydrogens is 194 g/mol. The van der Waals surface area contributed by atoms with Crippen LogP contribution in [-0.2, 0) is 11.3 Å². The third-order valence-corrected chi connectivity index (χ3v) is 2.04. The number of nitrogens with one attached hydrogen (secondary N) is 1. The van der Waals surface area contributed by atoms with Crippen LogP contribution in [0.15, 0.2) is 16.9 Å². The van der Waals surface area contributed by atoms with Crippen LogP contribution < -0.4 is 5.32 Å². The van der Waals surface area contributed by atoms with E-state index in [0.717, 1.165) is 18.7 Å². The molecule has 1 amide bonds. The summed E-state index contributed by atoms with van der Waals surface area (Å²) >= 11 is 0. The summed E-state index contributed by atoms with van der Waals surface area (Å²) < 4.78 is 4.69. The number of rotatable bonds is 6. The van der Waals surface area contributed by atoms with Crippen molar-refractivity contribution in [1.82, 2.24) is 15.4 Å². The number of hydrogen-bond donors (Lipinski definition) is 1. The fourth-order valence-corrected chi connectivity index (χ4v) is 1.13. The van der Waals surface area contributed by atoms with Crippen molar-refractivity contribution in [3.05, 3.63) is 18.0 Å². The molecule has 0 aliphatic heterocycles. The molecule has 1 aromatic heterocycles. The molecule has 0 bridgehead atoms. The third kappa shape index (κ3) is 4.60. The first-order valence-corrected chi connectivity index (χ1v) is 5.00. The fraction of sp³-hybridized carbons (Fsp3) is 0.600. The molecule has 0 fully saturated rings. The van der Waals surface area contributed by atoms with Crippen LogP contribution in [-0.4, -0.2) is 36.6 Å². The molecule has 0 saturated heterocycles. The largest absolute Gasteiger partial charge is 0.364 e. The first kappa shape index (κ1) is 11.7. The number of nitrogens with zero attached hydrogens (tertiary/aromatic N) is 2. The maximum absolute atomic E-state index is 11.2. The van der Waals surface area contributed by atoms with E-state index in [4.69, 9.17) is 4.52 Å². The molecule has 0 aliphatic carbocycles. The summed E-state index contributed by atoms with van der Waals surface area (Å²) in [6.45, 7) is 1.50. The predicted octanol–water partition coefficient (Wildman–Crippen LogP) is 0.633. The Bertz CT molecular complexity index is 283. The Morgan fingerprint density at radius 2 is 2.40 bits per heavy atom. The molecule has 0 radical (unpaired) electrons. The van der Waals surface area contributed by atoms with E-state index in [1.807, 2.05) is 6.07 Å². The van der Waals surface area contributed by atoms with Crippen molar-refractivity contribution in [1.29, 1.82) is 0 Å². The van der Waals surface area contributed by atoms with Gasteiger partial charge in [-0.3, -0.25) is 4.79 Å². The lowest BCUT2D eigenvalue weighted by molar-refractivity contribution is -0.128. The average Bonchev–Trinajstić information content (AvgIpc) is 2.69. The van der Waals surface area contributed by atoms with E-state index in [-0.39, 0.29) is 5.91 Å². The summed E-state index contributed by atoms with van der Waals surface area (Å²) in [5, 5.41) is 6.95. The molecule has 0 atom stereocenters. The van der Waals surface area contributed by atoms with Crippen LogP contribution in [0.5, 0.6) is 0 Å². The van der Waals surface area contributed by atoms with Gasteiger partial charge in [0.1, 0.15) is 6.26 Å². The highest BCUT2D eigenvalue weighted by molar-refractivity contribution is 5.75. The molecule has 0 aromatic carbocycles. The van der Waals surface area contributed by atoms with Gasteiger partial charge in [0.25, 0.3) is 0 Å². The molecule has 5 heteroatoms. The van der Waals surface area contributed by atoms with E-state index in [1.165, 1.54) is 0 Å². The lowest BCUT2D eigenvalue weighted by Gasteiger charge is -2.09. The zero-order valence-electron chi connectivity index (χ0n) is 9.19. The van der Waals surface area contributed by atoms with Gasteiger partial charge < -0.3 is 14.7 Å². The van der Waals surface area contributed by atoms with Crippen LogP contribution in [0.2, 0.25) is 0 Å². The summed E-state index contributed by atoms with van der Waals surface area (Å²) in [6.07, 6.45) is 2.97. The number of carbonyl (C=O) groups excluding carboxylic acids is 1. The van der Waals surface area contributed by atoms with Crippen LogP contribution in [0.4, 0.5) is 0 Å². The van der Waals surface area contributed by atoms with Gasteiger partial charge in [-0.2, -0.15) is 0 Å². The van der Waals surface area contributed by atoms with Crippen molar-refractivity contribution in [2.45, 2.75) is 19.4 Å². The predicted molar refractivity (Wildman–Crippen MR) is 56.1 cm³/mol. The Labute approximate surface area is 89.4 Å². The SMILES string of the molecule is CN(C)C(=O)CCCNCc1ccon1. The summed E-state index contributed by atoms with van der Waals surface area (Å²) in [6, 6.07) is 1.82. The average molecular weight is 211 g/mol. The molecule has 0 saturated carbocycles. The highest BCUT2D eigenvalue weighted by Gasteiger charge is 2.02. The zero-order valence-corrected chi connectivity index (χ0v) is 9.19. The van der Waals surface area contributed by atoms with Gasteiger partial charge in [0.05, 0.1) is 5.69 Å². The van der Waals surface area contributed by atoms with E-state index < -0.39 is 0 Å². The summed E-state index contributed by atoms with van der Waals surface area (Å²) in [5.74, 6) is 0.165. The molecule has 0 unspecified atom stereocenters. The van der Waals surface area contributed by atoms with E-state index in [1.54, 1.807) is 25.3 Å². The van der Waals surface area contributed by atoms with Gasteiger partial charge in [-0.05, 0) is 13.0 Å². The Balaban J connectivity index is 2.00. The van der Waals surface area contributed by atoms with Gasteiger partial charge in [-0.15, -0.1) is 0 Å². The summed E-state index contributed by atoms with van der Waals surface area (Å²) in [5.41, 5.74) is 0.883. The van der Waals surface area contributed by atoms with Crippen molar-refractivity contribution in [3.8, 4) is 0 Å². The van der Waals surface area contributed by atoms with Crippen molar-refractivity contribution < 1.29 is 9.32 Å². The molecule has 1 rings (SSSR count). The van der Waals surface area contributed by atoms with Crippen molar-refractivity contribution in [3.63, 3.8) is 0 Å². The Morgan fingerprint density at radius 3 is 3.00 bits per heavy atom. The molecule has 0 spiro atoms. The lowest BCUT2D eigenvalue weighted by atomic mass is 10.3. The second kappa shape index (κ2) is 6.19. The maximum Gasteiger partial charge on any atom is 0.222 e. The smallest absolute Gasteiger partial charge is 0.222 e. The van der Waals surface area contributed by atoms with Crippen LogP contribution in [0, 0.1) is 0 Å². The highest BCUT2D eigenvalue weighted by Crippen LogP contribution is 1.95. The summed E-state index contributed by atoms with van der Waals surface area (Å²) in [4.78, 5) is 12.8. The Morgan fingerprint density at radius 1 is 1.60 bits per heavy atom. The number of carbonyl (C=O) groups is 1. The lowest BCUT2D eigenvalue weighted by Crippen LogP contribution is -2.23. The molecule has 84 valence electrons. The quantitative estimate of drug-likeness (QED) is 0.701. The first-order valence-electron chi connectivity index (χ1n) is 5.00. The normalized spacial score (nSPS) is 10.3. The van der Waals surface area contributed by atoms with Crippen LogP contribution in [0.3, 0.4) is 0 Å². The second-order valence-electron chi connectivity index (χ2n) is 3.56. The second-order valence-corrected chi connectivity index (χ2v) is 3.56. The van der Waals surface area contributed by atoms with Gasteiger partial charge in [0.2, 0.25) is 5.91 Å². The van der Waals surface area contributed by atoms with E-state index in [0.29, 0.717) is 13.0 Å². The minimum absolute atomic E-state index is 0.165. The number of aromatic nitrogens is 1. The van der Waals surface area contributed by atoms with Gasteiger partial charge in [0.15, 0.2) is 0 Å².